The average molecular weight is 208 g/mol. The van der Waals surface area contributed by atoms with E-state index in [-0.39, 0.29) is 5.91 Å². The first-order valence-corrected chi connectivity index (χ1v) is 4.92. The summed E-state index contributed by atoms with van der Waals surface area (Å²) in [6, 6.07) is 7.82. The highest BCUT2D eigenvalue weighted by molar-refractivity contribution is 6.17. The molecule has 0 aliphatic carbocycles. The van der Waals surface area contributed by atoms with Gasteiger partial charge in [-0.2, -0.15) is 0 Å². The number of hydrogen-bond donors (Lipinski definition) is 0. The van der Waals surface area contributed by atoms with E-state index in [0.29, 0.717) is 5.88 Å². The van der Waals surface area contributed by atoms with E-state index in [0.717, 1.165) is 16.5 Å². The van der Waals surface area contributed by atoms with Crippen molar-refractivity contribution in [1.29, 1.82) is 0 Å². The van der Waals surface area contributed by atoms with Crippen LogP contribution in [-0.2, 0) is 5.88 Å². The van der Waals surface area contributed by atoms with Gasteiger partial charge in [0.05, 0.1) is 5.52 Å². The number of halogens is 1. The monoisotopic (exact) mass is 207 g/mol. The third-order valence-electron chi connectivity index (χ3n) is 2.25. The second kappa shape index (κ2) is 3.46. The van der Waals surface area contributed by atoms with E-state index in [2.05, 4.69) is 0 Å². The maximum Gasteiger partial charge on any atom is 0.227 e. The molecule has 2 nitrogen and oxygen atoms in total. The highest BCUT2D eigenvalue weighted by Crippen LogP contribution is 2.18. The smallest absolute Gasteiger partial charge is 0.227 e. The molecule has 0 amide bonds. The Labute approximate surface area is 87.1 Å². The van der Waals surface area contributed by atoms with Gasteiger partial charge < -0.3 is 0 Å². The van der Waals surface area contributed by atoms with Crippen molar-refractivity contribution in [3.05, 3.63) is 36.0 Å². The number of benzene rings is 1. The topological polar surface area (TPSA) is 22.0 Å². The minimum atomic E-state index is 0.0201. The number of hydrogen-bond acceptors (Lipinski definition) is 1. The first kappa shape index (κ1) is 9.28. The van der Waals surface area contributed by atoms with Gasteiger partial charge in [0.2, 0.25) is 5.91 Å². The zero-order valence-electron chi connectivity index (χ0n) is 7.83. The Kier molecular flexibility index (Phi) is 2.30. The molecular formula is C11H10ClNO. The molecule has 0 aliphatic rings. The molecule has 0 spiro atoms. The predicted octanol–water partition coefficient (Wildman–Crippen LogP) is 3.04. The Morgan fingerprint density at radius 2 is 2.21 bits per heavy atom. The van der Waals surface area contributed by atoms with Gasteiger partial charge in [0.25, 0.3) is 0 Å². The van der Waals surface area contributed by atoms with Crippen LogP contribution in [0.15, 0.2) is 30.5 Å². The number of fused-ring (bicyclic) bond motifs is 1. The molecule has 0 fully saturated rings. The summed E-state index contributed by atoms with van der Waals surface area (Å²) in [6.45, 7) is 1.55. The number of nitrogens with zero attached hydrogens (tertiary/aromatic N) is 1. The summed E-state index contributed by atoms with van der Waals surface area (Å²) in [7, 11) is 0. The number of carbonyl (C=O) groups excluding carboxylic acids is 1. The van der Waals surface area contributed by atoms with Crippen LogP contribution in [0.1, 0.15) is 17.3 Å². The van der Waals surface area contributed by atoms with Crippen LogP contribution in [0.3, 0.4) is 0 Å². The molecule has 0 radical (unpaired) electrons. The highest BCUT2D eigenvalue weighted by Gasteiger charge is 2.04. The predicted molar refractivity (Wildman–Crippen MR) is 57.8 cm³/mol. The van der Waals surface area contributed by atoms with Crippen molar-refractivity contribution >= 4 is 28.4 Å². The van der Waals surface area contributed by atoms with E-state index in [1.165, 1.54) is 0 Å². The Hall–Kier alpha value is -1.28. The summed E-state index contributed by atoms with van der Waals surface area (Å²) >= 11 is 5.73. The maximum atomic E-state index is 11.3. The van der Waals surface area contributed by atoms with Crippen LogP contribution in [0, 0.1) is 0 Å². The molecule has 3 heteroatoms. The lowest BCUT2D eigenvalue weighted by atomic mass is 10.2. The Bertz CT molecular complexity index is 487. The van der Waals surface area contributed by atoms with Crippen molar-refractivity contribution in [3.63, 3.8) is 0 Å². The van der Waals surface area contributed by atoms with Gasteiger partial charge in [-0.25, -0.2) is 0 Å². The van der Waals surface area contributed by atoms with Gasteiger partial charge >= 0.3 is 0 Å². The zero-order valence-corrected chi connectivity index (χ0v) is 8.58. The second-order valence-corrected chi connectivity index (χ2v) is 3.50. The van der Waals surface area contributed by atoms with E-state index in [1.54, 1.807) is 17.7 Å². The second-order valence-electron chi connectivity index (χ2n) is 3.23. The van der Waals surface area contributed by atoms with Crippen LogP contribution in [-0.4, -0.2) is 10.5 Å². The molecular weight excluding hydrogens is 198 g/mol. The van der Waals surface area contributed by atoms with Gasteiger partial charge in [-0.3, -0.25) is 9.36 Å². The molecule has 1 heterocycles. The minimum Gasteiger partial charge on any atom is -0.287 e. The van der Waals surface area contributed by atoms with Gasteiger partial charge in [-0.1, -0.05) is 12.1 Å². The van der Waals surface area contributed by atoms with Crippen molar-refractivity contribution in [2.24, 2.45) is 0 Å². The number of rotatable bonds is 1. The molecule has 14 heavy (non-hydrogen) atoms. The van der Waals surface area contributed by atoms with Gasteiger partial charge in [-0.15, -0.1) is 11.6 Å². The maximum absolute atomic E-state index is 11.3. The quantitative estimate of drug-likeness (QED) is 0.659. The van der Waals surface area contributed by atoms with Gasteiger partial charge in [-0.05, 0) is 17.7 Å². The highest BCUT2D eigenvalue weighted by atomic mass is 35.5. The minimum absolute atomic E-state index is 0.0201. The first-order chi connectivity index (χ1) is 6.72. The molecule has 1 aromatic carbocycles. The van der Waals surface area contributed by atoms with Crippen LogP contribution in [0.2, 0.25) is 0 Å². The standard InChI is InChI=1S/C11H10ClNO/c1-8(14)13-5-4-10-3-2-9(7-12)6-11(10)13/h2-6H,7H2,1H3. The molecule has 2 rings (SSSR count). The third-order valence-corrected chi connectivity index (χ3v) is 2.56. The van der Waals surface area contributed by atoms with E-state index in [4.69, 9.17) is 11.6 Å². The molecule has 0 saturated carbocycles. The van der Waals surface area contributed by atoms with Crippen LogP contribution < -0.4 is 0 Å². The largest absolute Gasteiger partial charge is 0.287 e. The van der Waals surface area contributed by atoms with Crippen LogP contribution in [0.4, 0.5) is 0 Å². The fourth-order valence-corrected chi connectivity index (χ4v) is 1.70. The molecule has 1 aromatic heterocycles. The van der Waals surface area contributed by atoms with Crippen molar-refractivity contribution in [2.45, 2.75) is 12.8 Å². The molecule has 72 valence electrons. The Morgan fingerprint density at radius 1 is 1.43 bits per heavy atom. The van der Waals surface area contributed by atoms with Crippen molar-refractivity contribution in [2.75, 3.05) is 0 Å². The van der Waals surface area contributed by atoms with E-state index in [9.17, 15) is 4.79 Å². The molecule has 2 aromatic rings. The van der Waals surface area contributed by atoms with Gasteiger partial charge in [0.1, 0.15) is 0 Å². The summed E-state index contributed by atoms with van der Waals surface area (Å²) < 4.78 is 1.63. The summed E-state index contributed by atoms with van der Waals surface area (Å²) in [5.74, 6) is 0.491. The SMILES string of the molecule is CC(=O)n1ccc2ccc(CCl)cc21. The fraction of sp³-hybridized carbons (Fsp3) is 0.182. The van der Waals surface area contributed by atoms with Crippen LogP contribution in [0.25, 0.3) is 10.9 Å². The van der Waals surface area contributed by atoms with Crippen molar-refractivity contribution in [1.82, 2.24) is 4.57 Å². The molecule has 0 saturated heterocycles. The number of carbonyl (C=O) groups is 1. The van der Waals surface area contributed by atoms with Gasteiger partial charge in [0, 0.05) is 24.4 Å². The Balaban J connectivity index is 2.69. The fourth-order valence-electron chi connectivity index (χ4n) is 1.53. The summed E-state index contributed by atoms with van der Waals surface area (Å²) in [6.07, 6.45) is 1.78. The molecule has 0 aliphatic heterocycles. The average Bonchev–Trinajstić information content (AvgIpc) is 2.59. The first-order valence-electron chi connectivity index (χ1n) is 4.39. The normalized spacial score (nSPS) is 10.7. The molecule has 0 N–H and O–H groups in total. The molecule has 0 atom stereocenters. The molecule has 0 unspecified atom stereocenters. The van der Waals surface area contributed by atoms with E-state index >= 15 is 0 Å². The van der Waals surface area contributed by atoms with E-state index in [1.807, 2.05) is 24.3 Å². The zero-order chi connectivity index (χ0) is 10.1. The lowest BCUT2D eigenvalue weighted by molar-refractivity contribution is 0.0941. The summed E-state index contributed by atoms with van der Waals surface area (Å²) in [4.78, 5) is 11.3. The van der Waals surface area contributed by atoms with Crippen LogP contribution in [0.5, 0.6) is 0 Å². The van der Waals surface area contributed by atoms with E-state index < -0.39 is 0 Å². The van der Waals surface area contributed by atoms with Crippen molar-refractivity contribution < 1.29 is 4.79 Å². The summed E-state index contributed by atoms with van der Waals surface area (Å²) in [5.41, 5.74) is 1.95. The number of aromatic nitrogens is 1. The number of alkyl halides is 1. The lowest BCUT2D eigenvalue weighted by Gasteiger charge is -2.00. The summed E-state index contributed by atoms with van der Waals surface area (Å²) in [5, 5.41) is 1.06. The van der Waals surface area contributed by atoms with Crippen LogP contribution >= 0.6 is 11.6 Å². The molecule has 0 bridgehead atoms. The third kappa shape index (κ3) is 1.42. The van der Waals surface area contributed by atoms with Crippen molar-refractivity contribution in [3.8, 4) is 0 Å². The lowest BCUT2D eigenvalue weighted by Crippen LogP contribution is -2.02. The van der Waals surface area contributed by atoms with Gasteiger partial charge in [0.15, 0.2) is 0 Å². The Morgan fingerprint density at radius 3 is 2.86 bits per heavy atom.